The number of nitrogens with one attached hydrogen (secondary N) is 1. The molecule has 4 rings (SSSR count). The van der Waals surface area contributed by atoms with Crippen molar-refractivity contribution in [2.24, 2.45) is 5.16 Å². The third kappa shape index (κ3) is 6.84. The summed E-state index contributed by atoms with van der Waals surface area (Å²) >= 11 is 4.78. The van der Waals surface area contributed by atoms with Crippen molar-refractivity contribution in [1.82, 2.24) is 29.8 Å². The molecule has 2 atom stereocenters. The fraction of sp³-hybridized carbons (Fsp3) is 0.450. The Morgan fingerprint density at radius 3 is 2.74 bits per heavy atom. The summed E-state index contributed by atoms with van der Waals surface area (Å²) in [5.41, 5.74) is 6.48. The van der Waals surface area contributed by atoms with E-state index in [0.29, 0.717) is 21.4 Å². The Bertz CT molecular complexity index is 1340. The largest absolute Gasteiger partial charge is 0.477 e. The zero-order valence-electron chi connectivity index (χ0n) is 20.6. The Balaban J connectivity index is 1.46. The summed E-state index contributed by atoms with van der Waals surface area (Å²) in [5, 5.41) is 23.2. The first-order chi connectivity index (χ1) is 18.4. The van der Waals surface area contributed by atoms with Crippen LogP contribution in [0.25, 0.3) is 0 Å². The number of esters is 1. The van der Waals surface area contributed by atoms with E-state index in [1.54, 1.807) is 26.3 Å². The number of nitrogen functional groups attached to an aromatic ring is 1. The van der Waals surface area contributed by atoms with Crippen molar-refractivity contribution in [2.75, 3.05) is 23.8 Å². The fourth-order valence-corrected chi connectivity index (χ4v) is 6.82. The number of aromatic nitrogens is 4. The number of oxime groups is 1. The van der Waals surface area contributed by atoms with Gasteiger partial charge in [-0.1, -0.05) is 28.3 Å². The van der Waals surface area contributed by atoms with Gasteiger partial charge in [0.05, 0.1) is 0 Å². The average Bonchev–Trinajstić information content (AvgIpc) is 3.53. The Hall–Kier alpha value is -3.29. The lowest BCUT2D eigenvalue weighted by atomic mass is 10.0. The molecule has 19 heteroatoms. The van der Waals surface area contributed by atoms with Gasteiger partial charge in [0.1, 0.15) is 28.2 Å². The van der Waals surface area contributed by atoms with E-state index in [2.05, 4.69) is 30.0 Å². The Morgan fingerprint density at radius 1 is 1.36 bits per heavy atom. The Morgan fingerprint density at radius 2 is 2.13 bits per heavy atom. The first-order valence-electron chi connectivity index (χ1n) is 11.1. The van der Waals surface area contributed by atoms with Crippen molar-refractivity contribution in [3.63, 3.8) is 0 Å². The summed E-state index contributed by atoms with van der Waals surface area (Å²) in [6, 6.07) is -1.04. The van der Waals surface area contributed by atoms with E-state index in [-0.39, 0.29) is 16.7 Å². The molecule has 1 fully saturated rings. The number of nitrogens with zero attached hydrogens (tertiary/aromatic N) is 6. The number of aliphatic carboxylic acids is 1. The van der Waals surface area contributed by atoms with Gasteiger partial charge in [-0.2, -0.15) is 9.36 Å². The predicted octanol–water partition coefficient (Wildman–Crippen LogP) is 0.565. The Kier molecular flexibility index (Phi) is 8.72. The van der Waals surface area contributed by atoms with E-state index in [1.807, 2.05) is 0 Å². The molecule has 0 aliphatic carbocycles. The molecule has 1 saturated heterocycles. The minimum absolute atomic E-state index is 0.0570. The smallest absolute Gasteiger partial charge is 0.352 e. The maximum absolute atomic E-state index is 13.1. The molecule has 2 aliphatic rings. The number of anilines is 1. The third-order valence-electron chi connectivity index (χ3n) is 4.87. The second kappa shape index (κ2) is 11.8. The molecule has 208 valence electrons. The van der Waals surface area contributed by atoms with E-state index in [4.69, 9.17) is 15.3 Å². The maximum Gasteiger partial charge on any atom is 0.352 e. The van der Waals surface area contributed by atoms with Gasteiger partial charge in [-0.05, 0) is 26.3 Å². The van der Waals surface area contributed by atoms with Gasteiger partial charge < -0.3 is 25.7 Å². The number of ether oxygens (including phenoxy) is 1. The van der Waals surface area contributed by atoms with Crippen LogP contribution in [0, 0.1) is 0 Å². The van der Waals surface area contributed by atoms with Gasteiger partial charge in [-0.3, -0.25) is 14.5 Å². The number of carboxylic acids is 1. The van der Waals surface area contributed by atoms with E-state index in [0.717, 1.165) is 16.4 Å². The predicted molar refractivity (Wildman–Crippen MR) is 143 cm³/mol. The molecule has 39 heavy (non-hydrogen) atoms. The average molecular weight is 615 g/mol. The molecule has 2 aliphatic heterocycles. The van der Waals surface area contributed by atoms with Gasteiger partial charge in [0.25, 0.3) is 11.8 Å². The van der Waals surface area contributed by atoms with Crippen molar-refractivity contribution in [3.05, 3.63) is 22.6 Å². The van der Waals surface area contributed by atoms with Crippen molar-refractivity contribution in [2.45, 2.75) is 42.1 Å². The van der Waals surface area contributed by atoms with Crippen molar-refractivity contribution in [1.29, 1.82) is 0 Å². The molecule has 0 saturated carbocycles. The zero-order chi connectivity index (χ0) is 28.3. The summed E-state index contributed by atoms with van der Waals surface area (Å²) < 4.78 is 9.77. The van der Waals surface area contributed by atoms with Gasteiger partial charge >= 0.3 is 11.9 Å². The summed E-state index contributed by atoms with van der Waals surface area (Å²) in [5.74, 6) is -2.94. The number of carboxylic acid groups (broad SMARTS) is 1. The lowest BCUT2D eigenvalue weighted by Gasteiger charge is -2.49. The highest BCUT2D eigenvalue weighted by atomic mass is 32.2. The van der Waals surface area contributed by atoms with Crippen LogP contribution in [0.15, 0.2) is 26.3 Å². The van der Waals surface area contributed by atoms with E-state index in [1.165, 1.54) is 34.9 Å². The van der Waals surface area contributed by atoms with Crippen LogP contribution in [0.4, 0.5) is 5.13 Å². The van der Waals surface area contributed by atoms with Gasteiger partial charge in [0.2, 0.25) is 18.1 Å². The number of thioether (sulfide) groups is 2. The van der Waals surface area contributed by atoms with Crippen molar-refractivity contribution >= 4 is 81.0 Å². The van der Waals surface area contributed by atoms with Crippen LogP contribution in [0.5, 0.6) is 0 Å². The van der Waals surface area contributed by atoms with Crippen LogP contribution in [-0.2, 0) is 28.8 Å². The van der Waals surface area contributed by atoms with Crippen LogP contribution in [0.1, 0.15) is 26.6 Å². The van der Waals surface area contributed by atoms with Gasteiger partial charge in [0.15, 0.2) is 9.47 Å². The summed E-state index contributed by atoms with van der Waals surface area (Å²) in [7, 11) is 0. The fourth-order valence-electron chi connectivity index (χ4n) is 3.41. The number of β-lactam (4-membered cyclic amide) rings is 1. The standard InChI is InChI=1S/C20H22N8O7S4/c1-20(2,3)35-9(29)4-34-26-10(13-24-18(21)39-27-13)14(30)23-11-15(31)28-12(17(32)33)8(5-36-16(11)28)6-37-19-25-22-7-38-19/h7,11,16H,4-6H2,1-3H3,(H,23,30)(H,32,33)(H2,21,24,27)/b26-10-/t11?,16-/m1/s1. The molecule has 0 bridgehead atoms. The molecule has 1 unspecified atom stereocenters. The highest BCUT2D eigenvalue weighted by Crippen LogP contribution is 2.41. The molecule has 2 amide bonds. The summed E-state index contributed by atoms with van der Waals surface area (Å²) in [6.07, 6.45) is 0. The number of hydrogen-bond donors (Lipinski definition) is 3. The van der Waals surface area contributed by atoms with Crippen LogP contribution >= 0.6 is 46.4 Å². The summed E-state index contributed by atoms with van der Waals surface area (Å²) in [4.78, 5) is 60.2. The Labute approximate surface area is 237 Å². The number of amides is 2. The number of nitrogens with two attached hydrogens (primary N) is 1. The van der Waals surface area contributed by atoms with E-state index >= 15 is 0 Å². The van der Waals surface area contributed by atoms with Gasteiger partial charge in [0, 0.05) is 23.0 Å². The topological polar surface area (TPSA) is 212 Å². The first kappa shape index (κ1) is 28.7. The van der Waals surface area contributed by atoms with Gasteiger partial charge in [-0.15, -0.1) is 22.0 Å². The quantitative estimate of drug-likeness (QED) is 0.110. The van der Waals surface area contributed by atoms with Crippen LogP contribution in [0.3, 0.4) is 0 Å². The molecule has 15 nitrogen and oxygen atoms in total. The number of rotatable bonds is 10. The van der Waals surface area contributed by atoms with Crippen LogP contribution in [-0.4, -0.2) is 94.2 Å². The molecular weight excluding hydrogens is 593 g/mol. The molecule has 4 N–H and O–H groups in total. The molecule has 2 aromatic heterocycles. The van der Waals surface area contributed by atoms with Crippen molar-refractivity contribution < 1.29 is 33.9 Å². The second-order valence-corrected chi connectivity index (χ2v) is 12.8. The van der Waals surface area contributed by atoms with Crippen molar-refractivity contribution in [3.8, 4) is 0 Å². The minimum atomic E-state index is -1.24. The number of fused-ring (bicyclic) bond motifs is 1. The lowest BCUT2D eigenvalue weighted by Crippen LogP contribution is -2.71. The minimum Gasteiger partial charge on any atom is -0.477 e. The monoisotopic (exact) mass is 614 g/mol. The third-order valence-corrected chi connectivity index (χ3v) is 8.70. The maximum atomic E-state index is 13.1. The second-order valence-electron chi connectivity index (χ2n) is 8.87. The molecule has 0 aromatic carbocycles. The van der Waals surface area contributed by atoms with Crippen LogP contribution < -0.4 is 11.1 Å². The molecule has 0 spiro atoms. The molecular formula is C20H22N8O7S4. The number of carbonyl (C=O) groups excluding carboxylic acids is 3. The van der Waals surface area contributed by atoms with E-state index in [9.17, 15) is 24.3 Å². The van der Waals surface area contributed by atoms with E-state index < -0.39 is 53.1 Å². The highest BCUT2D eigenvalue weighted by molar-refractivity contribution is 8.01. The SMILES string of the molecule is CC(C)(C)OC(=O)CO/N=C(\C(=O)NC1C(=O)N2C(C(=O)O)=C(CSc3nncs3)CS[C@H]12)c1nsc(N)n1. The number of hydrogen-bond acceptors (Lipinski definition) is 16. The molecule has 2 aromatic rings. The number of carbonyl (C=O) groups is 4. The highest BCUT2D eigenvalue weighted by Gasteiger charge is 2.54. The summed E-state index contributed by atoms with van der Waals surface area (Å²) in [6.45, 7) is 4.46. The van der Waals surface area contributed by atoms with Gasteiger partial charge in [-0.25, -0.2) is 9.59 Å². The first-order valence-corrected chi connectivity index (χ1v) is 14.7. The molecule has 0 radical (unpaired) electrons. The van der Waals surface area contributed by atoms with Crippen LogP contribution in [0.2, 0.25) is 0 Å². The normalized spacial score (nSPS) is 19.3. The molecule has 4 heterocycles. The zero-order valence-corrected chi connectivity index (χ0v) is 23.9. The lowest BCUT2D eigenvalue weighted by molar-refractivity contribution is -0.160.